The summed E-state index contributed by atoms with van der Waals surface area (Å²) in [5, 5.41) is 3.21. The Morgan fingerprint density at radius 2 is 2.06 bits per heavy atom. The predicted molar refractivity (Wildman–Crippen MR) is 73.6 cm³/mol. The molecule has 0 radical (unpaired) electrons. The summed E-state index contributed by atoms with van der Waals surface area (Å²) in [6.45, 7) is 6.09. The van der Waals surface area contributed by atoms with Crippen LogP contribution in [-0.4, -0.2) is 49.7 Å². The molecule has 1 fully saturated rings. The quantitative estimate of drug-likeness (QED) is 0.672. The second-order valence-electron chi connectivity index (χ2n) is 5.07. The van der Waals surface area contributed by atoms with Crippen LogP contribution in [0.25, 0.3) is 0 Å². The van der Waals surface area contributed by atoms with E-state index in [9.17, 15) is 4.79 Å². The van der Waals surface area contributed by atoms with Crippen molar-refractivity contribution in [3.63, 3.8) is 0 Å². The summed E-state index contributed by atoms with van der Waals surface area (Å²) in [4.78, 5) is 14.2. The Kier molecular flexibility index (Phi) is 7.28. The lowest BCUT2D eigenvalue weighted by molar-refractivity contribution is -0.145. The van der Waals surface area contributed by atoms with Gasteiger partial charge in [-0.2, -0.15) is 0 Å². The van der Waals surface area contributed by atoms with Gasteiger partial charge in [0.1, 0.15) is 6.04 Å². The molecule has 0 spiro atoms. The Morgan fingerprint density at radius 3 is 2.61 bits per heavy atom. The average molecular weight is 256 g/mol. The van der Waals surface area contributed by atoms with Crippen molar-refractivity contribution in [2.45, 2.75) is 58.0 Å². The molecule has 1 unspecified atom stereocenters. The van der Waals surface area contributed by atoms with E-state index in [1.54, 1.807) is 0 Å². The maximum atomic E-state index is 11.8. The molecule has 1 atom stereocenters. The number of esters is 1. The minimum absolute atomic E-state index is 0.112. The van der Waals surface area contributed by atoms with E-state index in [0.29, 0.717) is 6.61 Å². The molecule has 1 aliphatic rings. The maximum Gasteiger partial charge on any atom is 0.323 e. The Balaban J connectivity index is 2.33. The highest BCUT2D eigenvalue weighted by Crippen LogP contribution is 2.22. The number of nitrogens with one attached hydrogen (secondary N) is 1. The van der Waals surface area contributed by atoms with E-state index in [-0.39, 0.29) is 12.0 Å². The number of carbonyl (C=O) groups is 1. The minimum Gasteiger partial charge on any atom is -0.465 e. The molecule has 0 aromatic rings. The third-order valence-electron chi connectivity index (χ3n) is 3.74. The van der Waals surface area contributed by atoms with Crippen LogP contribution in [0.1, 0.15) is 46.0 Å². The van der Waals surface area contributed by atoms with Gasteiger partial charge in [0.15, 0.2) is 0 Å². The lowest BCUT2D eigenvalue weighted by Gasteiger charge is -2.26. The number of ether oxygens (including phenoxy) is 1. The first kappa shape index (κ1) is 15.4. The van der Waals surface area contributed by atoms with Crippen molar-refractivity contribution in [3.8, 4) is 0 Å². The molecule has 1 aliphatic carbocycles. The summed E-state index contributed by atoms with van der Waals surface area (Å²) in [6.07, 6.45) is 6.15. The molecule has 0 saturated heterocycles. The van der Waals surface area contributed by atoms with Crippen molar-refractivity contribution in [1.82, 2.24) is 10.2 Å². The SMILES string of the molecule is CCNC(CCN(C)C1CCCC1)C(=O)OCC. The minimum atomic E-state index is -0.154. The number of hydrogen-bond acceptors (Lipinski definition) is 4. The van der Waals surface area contributed by atoms with E-state index in [1.807, 2.05) is 13.8 Å². The smallest absolute Gasteiger partial charge is 0.323 e. The Bertz CT molecular complexity index is 240. The molecule has 0 bridgehead atoms. The van der Waals surface area contributed by atoms with Crippen molar-refractivity contribution in [1.29, 1.82) is 0 Å². The summed E-state index contributed by atoms with van der Waals surface area (Å²) in [6, 6.07) is 0.563. The van der Waals surface area contributed by atoms with Gasteiger partial charge in [-0.25, -0.2) is 0 Å². The van der Waals surface area contributed by atoms with Crippen molar-refractivity contribution in [2.75, 3.05) is 26.7 Å². The molecule has 0 aromatic carbocycles. The molecule has 4 heteroatoms. The van der Waals surface area contributed by atoms with Crippen LogP contribution in [0.15, 0.2) is 0 Å². The van der Waals surface area contributed by atoms with Crippen LogP contribution >= 0.6 is 0 Å². The molecule has 106 valence electrons. The second-order valence-corrected chi connectivity index (χ2v) is 5.07. The summed E-state index contributed by atoms with van der Waals surface area (Å²) < 4.78 is 5.09. The maximum absolute atomic E-state index is 11.8. The predicted octanol–water partition coefficient (Wildman–Crippen LogP) is 1.79. The highest BCUT2D eigenvalue weighted by Gasteiger charge is 2.23. The first-order valence-corrected chi connectivity index (χ1v) is 7.29. The number of likely N-dealkylation sites (N-methyl/N-ethyl adjacent to an activating group) is 1. The zero-order valence-electron chi connectivity index (χ0n) is 12.1. The Labute approximate surface area is 111 Å². The number of hydrogen-bond donors (Lipinski definition) is 1. The zero-order chi connectivity index (χ0) is 13.4. The Hall–Kier alpha value is -0.610. The normalized spacial score (nSPS) is 18.2. The molecular weight excluding hydrogens is 228 g/mol. The third-order valence-corrected chi connectivity index (χ3v) is 3.74. The second kappa shape index (κ2) is 8.48. The van der Waals surface area contributed by atoms with Crippen molar-refractivity contribution in [3.05, 3.63) is 0 Å². The topological polar surface area (TPSA) is 41.6 Å². The summed E-state index contributed by atoms with van der Waals surface area (Å²) >= 11 is 0. The highest BCUT2D eigenvalue weighted by molar-refractivity contribution is 5.75. The van der Waals surface area contributed by atoms with Gasteiger partial charge in [-0.3, -0.25) is 4.79 Å². The first-order valence-electron chi connectivity index (χ1n) is 7.29. The van der Waals surface area contributed by atoms with Crippen LogP contribution in [0.5, 0.6) is 0 Å². The summed E-state index contributed by atoms with van der Waals surface area (Å²) in [5.41, 5.74) is 0. The lowest BCUT2D eigenvalue weighted by atomic mass is 10.1. The summed E-state index contributed by atoms with van der Waals surface area (Å²) in [7, 11) is 2.17. The van der Waals surface area contributed by atoms with Crippen LogP contribution in [0, 0.1) is 0 Å². The first-order chi connectivity index (χ1) is 8.69. The third kappa shape index (κ3) is 4.94. The molecule has 0 amide bonds. The van der Waals surface area contributed by atoms with Gasteiger partial charge in [-0.1, -0.05) is 19.8 Å². The van der Waals surface area contributed by atoms with Gasteiger partial charge in [0.25, 0.3) is 0 Å². The van der Waals surface area contributed by atoms with E-state index in [1.165, 1.54) is 25.7 Å². The standard InChI is InChI=1S/C14H28N2O2/c1-4-15-13(14(17)18-5-2)10-11-16(3)12-8-6-7-9-12/h12-13,15H,4-11H2,1-3H3. The van der Waals surface area contributed by atoms with Gasteiger partial charge < -0.3 is 15.0 Å². The fourth-order valence-corrected chi connectivity index (χ4v) is 2.65. The van der Waals surface area contributed by atoms with Crippen molar-refractivity contribution < 1.29 is 9.53 Å². The molecule has 1 saturated carbocycles. The lowest BCUT2D eigenvalue weighted by Crippen LogP contribution is -2.41. The van der Waals surface area contributed by atoms with Gasteiger partial charge in [0.05, 0.1) is 6.61 Å². The summed E-state index contributed by atoms with van der Waals surface area (Å²) in [5.74, 6) is -0.112. The zero-order valence-corrected chi connectivity index (χ0v) is 12.1. The molecule has 18 heavy (non-hydrogen) atoms. The van der Waals surface area contributed by atoms with E-state index in [0.717, 1.165) is 25.6 Å². The van der Waals surface area contributed by atoms with E-state index in [4.69, 9.17) is 4.74 Å². The van der Waals surface area contributed by atoms with Gasteiger partial charge in [0.2, 0.25) is 0 Å². The highest BCUT2D eigenvalue weighted by atomic mass is 16.5. The van der Waals surface area contributed by atoms with E-state index in [2.05, 4.69) is 17.3 Å². The molecule has 1 N–H and O–H groups in total. The van der Waals surface area contributed by atoms with Crippen LogP contribution in [0.2, 0.25) is 0 Å². The van der Waals surface area contributed by atoms with Gasteiger partial charge in [-0.05, 0) is 39.8 Å². The van der Waals surface area contributed by atoms with Crippen LogP contribution in [-0.2, 0) is 9.53 Å². The van der Waals surface area contributed by atoms with E-state index < -0.39 is 0 Å². The van der Waals surface area contributed by atoms with Crippen molar-refractivity contribution >= 4 is 5.97 Å². The van der Waals surface area contributed by atoms with Crippen molar-refractivity contribution in [2.24, 2.45) is 0 Å². The molecule has 0 heterocycles. The molecule has 1 rings (SSSR count). The van der Waals surface area contributed by atoms with Gasteiger partial charge in [0, 0.05) is 12.6 Å². The largest absolute Gasteiger partial charge is 0.465 e. The van der Waals surface area contributed by atoms with Crippen LogP contribution in [0.4, 0.5) is 0 Å². The number of nitrogens with zero attached hydrogens (tertiary/aromatic N) is 1. The average Bonchev–Trinajstić information content (AvgIpc) is 2.88. The Morgan fingerprint density at radius 1 is 1.39 bits per heavy atom. The molecule has 0 aromatic heterocycles. The van der Waals surface area contributed by atoms with Gasteiger partial charge >= 0.3 is 5.97 Å². The van der Waals surface area contributed by atoms with E-state index >= 15 is 0 Å². The molecular formula is C14H28N2O2. The molecule has 4 nitrogen and oxygen atoms in total. The van der Waals surface area contributed by atoms with Crippen LogP contribution in [0.3, 0.4) is 0 Å². The molecule has 0 aliphatic heterocycles. The van der Waals surface area contributed by atoms with Crippen LogP contribution < -0.4 is 5.32 Å². The fraction of sp³-hybridized carbons (Fsp3) is 0.929. The number of rotatable bonds is 8. The van der Waals surface area contributed by atoms with Gasteiger partial charge in [-0.15, -0.1) is 0 Å². The monoisotopic (exact) mass is 256 g/mol. The fourth-order valence-electron chi connectivity index (χ4n) is 2.65. The number of carbonyl (C=O) groups excluding carboxylic acids is 1.